The molecule has 0 aliphatic heterocycles. The zero-order valence-corrected chi connectivity index (χ0v) is 14.5. The molecule has 4 aromatic rings. The highest BCUT2D eigenvalue weighted by Gasteiger charge is 2.15. The standard InChI is InChI=1S/C16H10N4O3S2/c1-8-17-11-5-6-12-14(13(11)24-8)25-16(18-12)19-15(21)9-3-2-4-10(7-9)20(22)23/h2-7H,1H3,(H,18,19,21). The zero-order valence-electron chi connectivity index (χ0n) is 12.8. The number of non-ortho nitro benzene ring substituents is 1. The molecule has 0 fully saturated rings. The number of fused-ring (bicyclic) bond motifs is 3. The Morgan fingerprint density at radius 1 is 1.12 bits per heavy atom. The Morgan fingerprint density at radius 2 is 1.84 bits per heavy atom. The molecule has 0 aliphatic rings. The molecule has 0 saturated heterocycles. The van der Waals surface area contributed by atoms with Crippen LogP contribution in [0.2, 0.25) is 0 Å². The van der Waals surface area contributed by atoms with Gasteiger partial charge in [-0.2, -0.15) is 0 Å². The third-order valence-corrected chi connectivity index (χ3v) is 5.70. The highest BCUT2D eigenvalue weighted by Crippen LogP contribution is 2.35. The van der Waals surface area contributed by atoms with Crippen molar-refractivity contribution in [1.82, 2.24) is 9.97 Å². The van der Waals surface area contributed by atoms with Crippen LogP contribution in [-0.4, -0.2) is 20.8 Å². The number of nitro benzene ring substituents is 1. The van der Waals surface area contributed by atoms with Crippen molar-refractivity contribution in [3.63, 3.8) is 0 Å². The number of hydrogen-bond donors (Lipinski definition) is 1. The molecule has 124 valence electrons. The Balaban J connectivity index is 1.68. The van der Waals surface area contributed by atoms with Gasteiger partial charge >= 0.3 is 0 Å². The molecule has 0 spiro atoms. The molecule has 2 aromatic carbocycles. The number of anilines is 1. The molecule has 9 heteroatoms. The van der Waals surface area contributed by atoms with Crippen molar-refractivity contribution < 1.29 is 9.72 Å². The van der Waals surface area contributed by atoms with Crippen LogP contribution in [0, 0.1) is 17.0 Å². The molecule has 0 saturated carbocycles. The number of nitrogens with zero attached hydrogens (tertiary/aromatic N) is 3. The molecule has 0 bridgehead atoms. The van der Waals surface area contributed by atoms with Gasteiger partial charge in [-0.3, -0.25) is 20.2 Å². The van der Waals surface area contributed by atoms with E-state index in [1.54, 1.807) is 11.3 Å². The van der Waals surface area contributed by atoms with Crippen LogP contribution in [0.3, 0.4) is 0 Å². The maximum absolute atomic E-state index is 12.4. The van der Waals surface area contributed by atoms with Crippen molar-refractivity contribution in [2.24, 2.45) is 0 Å². The fraction of sp³-hybridized carbons (Fsp3) is 0.0625. The van der Waals surface area contributed by atoms with Crippen LogP contribution in [0.25, 0.3) is 20.4 Å². The van der Waals surface area contributed by atoms with Gasteiger partial charge in [-0.15, -0.1) is 11.3 Å². The minimum absolute atomic E-state index is 0.126. The van der Waals surface area contributed by atoms with Crippen LogP contribution in [0.5, 0.6) is 0 Å². The van der Waals surface area contributed by atoms with Gasteiger partial charge in [0.2, 0.25) is 0 Å². The molecule has 2 heterocycles. The number of carbonyl (C=O) groups is 1. The van der Waals surface area contributed by atoms with Gasteiger partial charge in [-0.05, 0) is 25.1 Å². The number of nitrogens with one attached hydrogen (secondary N) is 1. The highest BCUT2D eigenvalue weighted by atomic mass is 32.1. The van der Waals surface area contributed by atoms with Crippen LogP contribution < -0.4 is 5.32 Å². The molecule has 4 rings (SSSR count). The van der Waals surface area contributed by atoms with Gasteiger partial charge in [0.05, 0.1) is 30.4 Å². The fourth-order valence-electron chi connectivity index (χ4n) is 2.47. The van der Waals surface area contributed by atoms with Crippen LogP contribution in [-0.2, 0) is 0 Å². The fourth-order valence-corrected chi connectivity index (χ4v) is 4.47. The van der Waals surface area contributed by atoms with Gasteiger partial charge in [-0.25, -0.2) is 9.97 Å². The smallest absolute Gasteiger partial charge is 0.270 e. The number of hydrogen-bond acceptors (Lipinski definition) is 7. The van der Waals surface area contributed by atoms with Gasteiger partial charge in [0.15, 0.2) is 5.13 Å². The van der Waals surface area contributed by atoms with Crippen LogP contribution in [0.15, 0.2) is 36.4 Å². The van der Waals surface area contributed by atoms with Crippen molar-refractivity contribution in [3.8, 4) is 0 Å². The molecule has 1 amide bonds. The molecule has 1 N–H and O–H groups in total. The topological polar surface area (TPSA) is 98.0 Å². The summed E-state index contributed by atoms with van der Waals surface area (Å²) in [6, 6.07) is 9.38. The van der Waals surface area contributed by atoms with E-state index < -0.39 is 10.8 Å². The molecule has 0 aliphatic carbocycles. The monoisotopic (exact) mass is 370 g/mol. The number of aryl methyl sites for hydroxylation is 1. The third-order valence-electron chi connectivity index (χ3n) is 3.56. The van der Waals surface area contributed by atoms with Crippen LogP contribution in [0.4, 0.5) is 10.8 Å². The summed E-state index contributed by atoms with van der Waals surface area (Å²) in [5.41, 5.74) is 1.79. The lowest BCUT2D eigenvalue weighted by molar-refractivity contribution is -0.384. The van der Waals surface area contributed by atoms with E-state index in [0.29, 0.717) is 5.13 Å². The minimum atomic E-state index is -0.530. The lowest BCUT2D eigenvalue weighted by Gasteiger charge is -2.01. The predicted octanol–water partition coefficient (Wildman–Crippen LogP) is 4.37. The first kappa shape index (κ1) is 15.6. The van der Waals surface area contributed by atoms with Crippen molar-refractivity contribution in [2.75, 3.05) is 5.32 Å². The maximum atomic E-state index is 12.4. The number of aromatic nitrogens is 2. The second-order valence-electron chi connectivity index (χ2n) is 5.28. The minimum Gasteiger partial charge on any atom is -0.298 e. The third kappa shape index (κ3) is 2.83. The second kappa shape index (κ2) is 5.87. The summed E-state index contributed by atoms with van der Waals surface area (Å²) in [4.78, 5) is 31.5. The molecule has 0 radical (unpaired) electrons. The molecule has 0 atom stereocenters. The number of thiazole rings is 2. The van der Waals surface area contributed by atoms with Crippen molar-refractivity contribution in [2.45, 2.75) is 6.92 Å². The van der Waals surface area contributed by atoms with E-state index in [1.165, 1.54) is 35.6 Å². The molecular weight excluding hydrogens is 360 g/mol. The Bertz CT molecular complexity index is 1150. The van der Waals surface area contributed by atoms with Gasteiger partial charge < -0.3 is 0 Å². The van der Waals surface area contributed by atoms with Crippen molar-refractivity contribution in [1.29, 1.82) is 0 Å². The molecule has 7 nitrogen and oxygen atoms in total. The maximum Gasteiger partial charge on any atom is 0.270 e. The number of carbonyl (C=O) groups excluding carboxylic acids is 1. The van der Waals surface area contributed by atoms with E-state index in [-0.39, 0.29) is 11.3 Å². The van der Waals surface area contributed by atoms with Crippen molar-refractivity contribution in [3.05, 3.63) is 57.1 Å². The highest BCUT2D eigenvalue weighted by molar-refractivity contribution is 7.28. The average Bonchev–Trinajstić information content (AvgIpc) is 3.16. The molecule has 25 heavy (non-hydrogen) atoms. The first-order valence-corrected chi connectivity index (χ1v) is 8.87. The van der Waals surface area contributed by atoms with Crippen LogP contribution in [0.1, 0.15) is 15.4 Å². The summed E-state index contributed by atoms with van der Waals surface area (Å²) < 4.78 is 2.01. The Labute approximate surface area is 149 Å². The number of amides is 1. The zero-order chi connectivity index (χ0) is 17.6. The Kier molecular flexibility index (Phi) is 3.66. The van der Waals surface area contributed by atoms with Gasteiger partial charge in [-0.1, -0.05) is 17.4 Å². The largest absolute Gasteiger partial charge is 0.298 e. The van der Waals surface area contributed by atoms with E-state index in [1.807, 2.05) is 19.1 Å². The van der Waals surface area contributed by atoms with E-state index in [9.17, 15) is 14.9 Å². The van der Waals surface area contributed by atoms with Gasteiger partial charge in [0.25, 0.3) is 11.6 Å². The summed E-state index contributed by atoms with van der Waals surface area (Å²) in [6.45, 7) is 1.95. The second-order valence-corrected chi connectivity index (χ2v) is 7.48. The first-order valence-electron chi connectivity index (χ1n) is 7.24. The molecule has 0 unspecified atom stereocenters. The average molecular weight is 370 g/mol. The van der Waals surface area contributed by atoms with E-state index in [0.717, 1.165) is 25.4 Å². The number of benzene rings is 2. The predicted molar refractivity (Wildman–Crippen MR) is 98.6 cm³/mol. The number of rotatable bonds is 3. The number of nitro groups is 1. The Hall–Kier alpha value is -2.91. The summed E-state index contributed by atoms with van der Waals surface area (Å²) >= 11 is 2.95. The summed E-state index contributed by atoms with van der Waals surface area (Å²) in [5.74, 6) is -0.431. The van der Waals surface area contributed by atoms with Crippen molar-refractivity contribution >= 4 is 59.8 Å². The quantitative estimate of drug-likeness (QED) is 0.426. The van der Waals surface area contributed by atoms with Gasteiger partial charge in [0.1, 0.15) is 0 Å². The molecule has 2 aromatic heterocycles. The lowest BCUT2D eigenvalue weighted by atomic mass is 10.2. The van der Waals surface area contributed by atoms with E-state index >= 15 is 0 Å². The first-order chi connectivity index (χ1) is 12.0. The Morgan fingerprint density at radius 3 is 2.60 bits per heavy atom. The lowest BCUT2D eigenvalue weighted by Crippen LogP contribution is -2.11. The van der Waals surface area contributed by atoms with E-state index in [2.05, 4.69) is 15.3 Å². The van der Waals surface area contributed by atoms with E-state index in [4.69, 9.17) is 0 Å². The molecular formula is C16H10N4O3S2. The summed E-state index contributed by atoms with van der Waals surface area (Å²) in [7, 11) is 0. The normalized spacial score (nSPS) is 11.1. The van der Waals surface area contributed by atoms with Crippen LogP contribution >= 0.6 is 22.7 Å². The SMILES string of the molecule is Cc1nc2ccc3nc(NC(=O)c4cccc([N+](=O)[O-])c4)sc3c2s1. The summed E-state index contributed by atoms with van der Waals surface area (Å²) in [5, 5.41) is 15.0. The summed E-state index contributed by atoms with van der Waals surface area (Å²) in [6.07, 6.45) is 0. The van der Waals surface area contributed by atoms with Gasteiger partial charge in [0, 0.05) is 17.7 Å².